The maximum Gasteiger partial charge on any atom is 0.265 e. The average molecular weight is 395 g/mol. The van der Waals surface area contributed by atoms with Gasteiger partial charge in [-0.25, -0.2) is 4.98 Å². The maximum absolute atomic E-state index is 12.7. The van der Waals surface area contributed by atoms with Crippen LogP contribution in [0.3, 0.4) is 0 Å². The molecule has 7 nitrogen and oxygen atoms in total. The van der Waals surface area contributed by atoms with Gasteiger partial charge in [0, 0.05) is 45.7 Å². The van der Waals surface area contributed by atoms with Crippen LogP contribution in [0.15, 0.2) is 5.51 Å². The van der Waals surface area contributed by atoms with Gasteiger partial charge in [-0.3, -0.25) is 9.59 Å². The molecule has 3 rings (SSSR count). The highest BCUT2D eigenvalue weighted by atomic mass is 32.1. The molecule has 2 fully saturated rings. The van der Waals surface area contributed by atoms with Crippen molar-refractivity contribution in [3.63, 3.8) is 0 Å². The molecule has 0 bridgehead atoms. The first-order chi connectivity index (χ1) is 12.9. The standard InChI is InChI=1S/C19H30N4O3S/c1-14-17(27-13-20-14)18(25)23-8-3-6-19(26,7-11-23)12-22-9-4-16(5-10-22)21-15(2)24/h13,16,26H,3-12H2,1-2H3,(H,21,24)/t19-/m0/s1. The third-order valence-corrected chi connectivity index (χ3v) is 6.57. The van der Waals surface area contributed by atoms with E-state index in [1.165, 1.54) is 11.3 Å². The summed E-state index contributed by atoms with van der Waals surface area (Å²) < 4.78 is 0. The second-order valence-corrected chi connectivity index (χ2v) is 8.74. The third-order valence-electron chi connectivity index (χ3n) is 5.66. The van der Waals surface area contributed by atoms with E-state index in [2.05, 4.69) is 15.2 Å². The summed E-state index contributed by atoms with van der Waals surface area (Å²) in [6.45, 7) is 7.09. The molecular formula is C19H30N4O3S. The molecule has 0 aromatic carbocycles. The molecule has 1 aromatic rings. The third kappa shape index (κ3) is 5.27. The highest BCUT2D eigenvalue weighted by molar-refractivity contribution is 7.11. The van der Waals surface area contributed by atoms with Gasteiger partial charge in [-0.2, -0.15) is 0 Å². The van der Waals surface area contributed by atoms with Crippen LogP contribution in [0.25, 0.3) is 0 Å². The topological polar surface area (TPSA) is 85.8 Å². The van der Waals surface area contributed by atoms with E-state index in [1.807, 2.05) is 11.8 Å². The first-order valence-electron chi connectivity index (χ1n) is 9.77. The van der Waals surface area contributed by atoms with Gasteiger partial charge in [0.1, 0.15) is 4.88 Å². The van der Waals surface area contributed by atoms with Crippen molar-refractivity contribution in [2.75, 3.05) is 32.7 Å². The number of aromatic nitrogens is 1. The summed E-state index contributed by atoms with van der Waals surface area (Å²) in [5, 5.41) is 14.1. The zero-order chi connectivity index (χ0) is 19.4. The summed E-state index contributed by atoms with van der Waals surface area (Å²) in [5.74, 6) is 0.0622. The Labute approximate surface area is 164 Å². The number of carbonyl (C=O) groups excluding carboxylic acids is 2. The second-order valence-electron chi connectivity index (χ2n) is 7.89. The molecule has 2 aliphatic heterocycles. The van der Waals surface area contributed by atoms with E-state index in [4.69, 9.17) is 0 Å². The van der Waals surface area contributed by atoms with Crippen molar-refractivity contribution in [2.24, 2.45) is 0 Å². The molecule has 1 atom stereocenters. The van der Waals surface area contributed by atoms with Crippen LogP contribution < -0.4 is 5.32 Å². The molecule has 0 saturated carbocycles. The van der Waals surface area contributed by atoms with Gasteiger partial charge in [-0.15, -0.1) is 11.3 Å². The van der Waals surface area contributed by atoms with Gasteiger partial charge >= 0.3 is 0 Å². The zero-order valence-electron chi connectivity index (χ0n) is 16.2. The Morgan fingerprint density at radius 2 is 2.04 bits per heavy atom. The number of rotatable bonds is 4. The van der Waals surface area contributed by atoms with E-state index in [0.717, 1.165) is 38.0 Å². The summed E-state index contributed by atoms with van der Waals surface area (Å²) in [5.41, 5.74) is 1.74. The normalized spacial score (nSPS) is 25.2. The van der Waals surface area contributed by atoms with Crippen molar-refractivity contribution in [2.45, 2.75) is 57.6 Å². The molecule has 2 aliphatic rings. The Bertz CT molecular complexity index is 672. The fourth-order valence-electron chi connectivity index (χ4n) is 4.13. The lowest BCUT2D eigenvalue weighted by molar-refractivity contribution is -0.120. The fraction of sp³-hybridized carbons (Fsp3) is 0.737. The minimum absolute atomic E-state index is 0.0248. The number of carbonyl (C=O) groups is 2. The monoisotopic (exact) mass is 394 g/mol. The van der Waals surface area contributed by atoms with Crippen LogP contribution >= 0.6 is 11.3 Å². The number of piperidine rings is 1. The minimum Gasteiger partial charge on any atom is -0.388 e. The van der Waals surface area contributed by atoms with Crippen LogP contribution in [-0.2, 0) is 4.79 Å². The van der Waals surface area contributed by atoms with Crippen molar-refractivity contribution in [1.29, 1.82) is 0 Å². The van der Waals surface area contributed by atoms with Crippen LogP contribution in [0.4, 0.5) is 0 Å². The van der Waals surface area contributed by atoms with Crippen LogP contribution in [0, 0.1) is 6.92 Å². The molecular weight excluding hydrogens is 364 g/mol. The van der Waals surface area contributed by atoms with Crippen molar-refractivity contribution in [3.8, 4) is 0 Å². The summed E-state index contributed by atoms with van der Waals surface area (Å²) in [4.78, 5) is 33.0. The van der Waals surface area contributed by atoms with E-state index < -0.39 is 5.60 Å². The average Bonchev–Trinajstić information content (AvgIpc) is 2.95. The Kier molecular flexibility index (Phi) is 6.49. The van der Waals surface area contributed by atoms with E-state index in [9.17, 15) is 14.7 Å². The maximum atomic E-state index is 12.7. The summed E-state index contributed by atoms with van der Waals surface area (Å²) >= 11 is 1.39. The molecule has 150 valence electrons. The Balaban J connectivity index is 1.52. The number of nitrogens with zero attached hydrogens (tertiary/aromatic N) is 3. The lowest BCUT2D eigenvalue weighted by Crippen LogP contribution is -2.50. The molecule has 0 aliphatic carbocycles. The van der Waals surface area contributed by atoms with Gasteiger partial charge in [0.25, 0.3) is 5.91 Å². The Morgan fingerprint density at radius 3 is 2.67 bits per heavy atom. The quantitative estimate of drug-likeness (QED) is 0.806. The molecule has 2 saturated heterocycles. The SMILES string of the molecule is CC(=O)NC1CCN(C[C@]2(O)CCCN(C(=O)c3scnc3C)CC2)CC1. The number of aryl methyl sites for hydroxylation is 1. The molecule has 2 N–H and O–H groups in total. The van der Waals surface area contributed by atoms with Gasteiger partial charge in [0.2, 0.25) is 5.91 Å². The van der Waals surface area contributed by atoms with Crippen molar-refractivity contribution < 1.29 is 14.7 Å². The van der Waals surface area contributed by atoms with Crippen LogP contribution in [-0.4, -0.2) is 76.1 Å². The number of hydrogen-bond acceptors (Lipinski definition) is 6. The molecule has 2 amide bonds. The summed E-state index contributed by atoms with van der Waals surface area (Å²) in [6, 6.07) is 0.248. The second kappa shape index (κ2) is 8.67. The first-order valence-corrected chi connectivity index (χ1v) is 10.7. The highest BCUT2D eigenvalue weighted by Crippen LogP contribution is 2.26. The molecule has 0 unspecified atom stereocenters. The van der Waals surface area contributed by atoms with E-state index in [0.29, 0.717) is 37.4 Å². The molecule has 8 heteroatoms. The fourth-order valence-corrected chi connectivity index (χ4v) is 4.90. The van der Waals surface area contributed by atoms with E-state index in [1.54, 1.807) is 12.4 Å². The van der Waals surface area contributed by atoms with Crippen LogP contribution in [0.1, 0.15) is 54.4 Å². The summed E-state index contributed by atoms with van der Waals surface area (Å²) in [7, 11) is 0. The number of hydrogen-bond donors (Lipinski definition) is 2. The van der Waals surface area contributed by atoms with Crippen molar-refractivity contribution in [1.82, 2.24) is 20.1 Å². The molecule has 3 heterocycles. The minimum atomic E-state index is -0.751. The predicted octanol–water partition coefficient (Wildman–Crippen LogP) is 1.41. The van der Waals surface area contributed by atoms with Crippen LogP contribution in [0.2, 0.25) is 0 Å². The van der Waals surface area contributed by atoms with Crippen molar-refractivity contribution >= 4 is 23.2 Å². The number of thiazole rings is 1. The van der Waals surface area contributed by atoms with E-state index >= 15 is 0 Å². The number of likely N-dealkylation sites (tertiary alicyclic amines) is 2. The number of β-amino-alcohol motifs (C(OH)–C–C–N with tert-alkyl or cyclic N) is 1. The highest BCUT2D eigenvalue weighted by Gasteiger charge is 2.35. The van der Waals surface area contributed by atoms with Gasteiger partial charge < -0.3 is 20.2 Å². The smallest absolute Gasteiger partial charge is 0.265 e. The van der Waals surface area contributed by atoms with E-state index in [-0.39, 0.29) is 17.9 Å². The molecule has 0 spiro atoms. The number of nitrogens with one attached hydrogen (secondary N) is 1. The Morgan fingerprint density at radius 1 is 1.30 bits per heavy atom. The van der Waals surface area contributed by atoms with Gasteiger partial charge in [-0.1, -0.05) is 0 Å². The Hall–Kier alpha value is -1.51. The van der Waals surface area contributed by atoms with Crippen molar-refractivity contribution in [3.05, 3.63) is 16.1 Å². The summed E-state index contributed by atoms with van der Waals surface area (Å²) in [6.07, 6.45) is 3.96. The largest absolute Gasteiger partial charge is 0.388 e. The molecule has 0 radical (unpaired) electrons. The van der Waals surface area contributed by atoms with Gasteiger partial charge in [-0.05, 0) is 39.0 Å². The number of aliphatic hydroxyl groups is 1. The first kappa shape index (κ1) is 20.2. The zero-order valence-corrected chi connectivity index (χ0v) is 17.1. The predicted molar refractivity (Wildman–Crippen MR) is 105 cm³/mol. The molecule has 27 heavy (non-hydrogen) atoms. The lowest BCUT2D eigenvalue weighted by atomic mass is 9.93. The van der Waals surface area contributed by atoms with Gasteiger partial charge in [0.05, 0.1) is 16.8 Å². The van der Waals surface area contributed by atoms with Gasteiger partial charge in [0.15, 0.2) is 0 Å². The lowest BCUT2D eigenvalue weighted by Gasteiger charge is -2.38. The molecule has 1 aromatic heterocycles. The van der Waals surface area contributed by atoms with Crippen LogP contribution in [0.5, 0.6) is 0 Å². The number of amides is 2.